The van der Waals surface area contributed by atoms with Crippen molar-refractivity contribution >= 4 is 0 Å². The number of β-amino-alcohol motifs (C(OH)–C–C–N with tert-alkyl or cyclic N) is 1. The molecule has 2 aliphatic rings. The normalized spacial score (nSPS) is 25.0. The van der Waals surface area contributed by atoms with E-state index in [-0.39, 0.29) is 11.6 Å². The van der Waals surface area contributed by atoms with Gasteiger partial charge in [-0.1, -0.05) is 6.07 Å². The highest BCUT2D eigenvalue weighted by atomic mass is 19.1. The third-order valence-electron chi connectivity index (χ3n) is 6.30. The quantitative estimate of drug-likeness (QED) is 0.736. The number of hydrogen-bond acceptors (Lipinski definition) is 5. The van der Waals surface area contributed by atoms with Crippen LogP contribution in [-0.2, 0) is 6.42 Å². The summed E-state index contributed by atoms with van der Waals surface area (Å²) in [5, 5.41) is 30.9. The summed E-state index contributed by atoms with van der Waals surface area (Å²) < 4.78 is 13.3. The standard InChI is InChI=1S/C22H27FN2O3/c1-14-6-18(23)3-2-15(14)7-22(28)8-16-11-25(12-17(16)9-22)13-21(27)20-5-4-19(26)10-24-20/h2-6,10,16-17,21,26-28H,7-9,11-13H2,1H3/t16-,17-,21+/m0/s1. The van der Waals surface area contributed by atoms with Crippen LogP contribution in [0.15, 0.2) is 36.5 Å². The maximum absolute atomic E-state index is 13.3. The molecule has 2 fully saturated rings. The summed E-state index contributed by atoms with van der Waals surface area (Å²) in [6.07, 6.45) is 2.68. The van der Waals surface area contributed by atoms with Gasteiger partial charge in [-0.25, -0.2) is 4.39 Å². The van der Waals surface area contributed by atoms with Crippen molar-refractivity contribution in [1.82, 2.24) is 9.88 Å². The van der Waals surface area contributed by atoms with Gasteiger partial charge in [-0.05, 0) is 67.0 Å². The molecule has 1 saturated carbocycles. The molecule has 1 aliphatic heterocycles. The molecule has 28 heavy (non-hydrogen) atoms. The first-order valence-electron chi connectivity index (χ1n) is 9.84. The van der Waals surface area contributed by atoms with Crippen LogP contribution < -0.4 is 0 Å². The topological polar surface area (TPSA) is 76.8 Å². The molecule has 0 unspecified atom stereocenters. The maximum atomic E-state index is 13.3. The molecule has 0 spiro atoms. The van der Waals surface area contributed by atoms with Gasteiger partial charge in [0, 0.05) is 26.1 Å². The fourth-order valence-electron chi connectivity index (χ4n) is 5.00. The van der Waals surface area contributed by atoms with Crippen molar-refractivity contribution in [2.24, 2.45) is 11.8 Å². The summed E-state index contributed by atoms with van der Waals surface area (Å²) in [5.74, 6) is 0.660. The fourth-order valence-corrected chi connectivity index (χ4v) is 5.00. The van der Waals surface area contributed by atoms with E-state index < -0.39 is 11.7 Å². The van der Waals surface area contributed by atoms with Crippen LogP contribution in [0.2, 0.25) is 0 Å². The van der Waals surface area contributed by atoms with E-state index in [0.29, 0.717) is 30.5 Å². The SMILES string of the molecule is Cc1cc(F)ccc1CC1(O)C[C@H]2CN(C[C@@H](O)c3ccc(O)cn3)C[C@@H]2C1. The third kappa shape index (κ3) is 4.04. The minimum atomic E-state index is -0.735. The van der Waals surface area contributed by atoms with E-state index in [2.05, 4.69) is 9.88 Å². The number of pyridine rings is 1. The molecule has 3 N–H and O–H groups in total. The summed E-state index contributed by atoms with van der Waals surface area (Å²) in [5.41, 5.74) is 1.71. The molecule has 0 amide bonds. The van der Waals surface area contributed by atoms with E-state index in [9.17, 15) is 19.7 Å². The lowest BCUT2D eigenvalue weighted by Crippen LogP contribution is -2.33. The van der Waals surface area contributed by atoms with Gasteiger partial charge in [-0.15, -0.1) is 0 Å². The van der Waals surface area contributed by atoms with E-state index in [1.807, 2.05) is 6.92 Å². The summed E-state index contributed by atoms with van der Waals surface area (Å²) in [4.78, 5) is 6.32. The third-order valence-corrected chi connectivity index (χ3v) is 6.30. The Morgan fingerprint density at radius 2 is 1.93 bits per heavy atom. The number of benzene rings is 1. The molecule has 1 aliphatic carbocycles. The lowest BCUT2D eigenvalue weighted by atomic mass is 9.89. The first-order chi connectivity index (χ1) is 13.3. The number of aliphatic hydroxyl groups excluding tert-OH is 1. The van der Waals surface area contributed by atoms with E-state index >= 15 is 0 Å². The first kappa shape index (κ1) is 19.3. The highest BCUT2D eigenvalue weighted by molar-refractivity contribution is 5.28. The zero-order valence-electron chi connectivity index (χ0n) is 16.1. The van der Waals surface area contributed by atoms with Gasteiger partial charge in [0.05, 0.1) is 17.5 Å². The molecule has 4 rings (SSSR count). The molecule has 1 saturated heterocycles. The number of rotatable bonds is 5. The number of aromatic nitrogens is 1. The molecule has 0 radical (unpaired) electrons. The van der Waals surface area contributed by atoms with E-state index in [4.69, 9.17) is 0 Å². The minimum absolute atomic E-state index is 0.0855. The molecule has 0 bridgehead atoms. The first-order valence-corrected chi connectivity index (χ1v) is 9.84. The number of hydrogen-bond donors (Lipinski definition) is 3. The van der Waals surface area contributed by atoms with Gasteiger partial charge in [-0.2, -0.15) is 0 Å². The van der Waals surface area contributed by atoms with Gasteiger partial charge < -0.3 is 15.3 Å². The Balaban J connectivity index is 1.34. The van der Waals surface area contributed by atoms with E-state index in [1.165, 1.54) is 24.4 Å². The van der Waals surface area contributed by atoms with Crippen molar-refractivity contribution in [2.75, 3.05) is 19.6 Å². The molecular formula is C22H27FN2O3. The zero-order valence-corrected chi connectivity index (χ0v) is 16.1. The molecule has 3 atom stereocenters. The molecule has 1 aromatic carbocycles. The summed E-state index contributed by atoms with van der Waals surface area (Å²) in [6, 6.07) is 7.93. The van der Waals surface area contributed by atoms with Gasteiger partial charge >= 0.3 is 0 Å². The highest BCUT2D eigenvalue weighted by Crippen LogP contribution is 2.45. The molecule has 2 heterocycles. The van der Waals surface area contributed by atoms with Gasteiger partial charge in [0.1, 0.15) is 17.7 Å². The van der Waals surface area contributed by atoms with Crippen molar-refractivity contribution in [2.45, 2.75) is 37.9 Å². The van der Waals surface area contributed by atoms with Crippen LogP contribution >= 0.6 is 0 Å². The van der Waals surface area contributed by atoms with Gasteiger partial charge in [-0.3, -0.25) is 9.88 Å². The Morgan fingerprint density at radius 3 is 2.54 bits per heavy atom. The van der Waals surface area contributed by atoms with E-state index in [0.717, 1.165) is 37.1 Å². The lowest BCUT2D eigenvalue weighted by Gasteiger charge is -2.27. The number of fused-ring (bicyclic) bond motifs is 1. The molecule has 5 nitrogen and oxygen atoms in total. The van der Waals surface area contributed by atoms with Gasteiger partial charge in [0.15, 0.2) is 0 Å². The van der Waals surface area contributed by atoms with Crippen molar-refractivity contribution in [3.8, 4) is 5.75 Å². The van der Waals surface area contributed by atoms with Crippen molar-refractivity contribution in [1.29, 1.82) is 0 Å². The molecule has 6 heteroatoms. The van der Waals surface area contributed by atoms with Gasteiger partial charge in [0.25, 0.3) is 0 Å². The Morgan fingerprint density at radius 1 is 1.21 bits per heavy atom. The molecule has 1 aromatic heterocycles. The highest BCUT2D eigenvalue weighted by Gasteiger charge is 2.48. The van der Waals surface area contributed by atoms with Crippen LogP contribution in [0.1, 0.15) is 35.8 Å². The Hall–Kier alpha value is -2.02. The number of likely N-dealkylation sites (tertiary alicyclic amines) is 1. The smallest absolute Gasteiger partial charge is 0.133 e. The number of halogens is 1. The average molecular weight is 386 g/mol. The minimum Gasteiger partial charge on any atom is -0.506 e. The van der Waals surface area contributed by atoms with Gasteiger partial charge in [0.2, 0.25) is 0 Å². The van der Waals surface area contributed by atoms with Crippen LogP contribution in [-0.4, -0.2) is 50.4 Å². The number of aryl methyl sites for hydroxylation is 1. The Kier molecular flexibility index (Phi) is 5.12. The number of aromatic hydroxyl groups is 1. The van der Waals surface area contributed by atoms with Crippen molar-refractivity contribution < 1.29 is 19.7 Å². The maximum Gasteiger partial charge on any atom is 0.133 e. The number of nitrogens with zero attached hydrogens (tertiary/aromatic N) is 2. The van der Waals surface area contributed by atoms with E-state index in [1.54, 1.807) is 12.1 Å². The van der Waals surface area contributed by atoms with Crippen LogP contribution in [0, 0.1) is 24.6 Å². The van der Waals surface area contributed by atoms with Crippen LogP contribution in [0.3, 0.4) is 0 Å². The summed E-state index contributed by atoms with van der Waals surface area (Å²) >= 11 is 0. The van der Waals surface area contributed by atoms with Crippen LogP contribution in [0.25, 0.3) is 0 Å². The molecular weight excluding hydrogens is 359 g/mol. The Labute approximate surface area is 164 Å². The monoisotopic (exact) mass is 386 g/mol. The van der Waals surface area contributed by atoms with Crippen molar-refractivity contribution in [3.05, 3.63) is 59.2 Å². The number of aliphatic hydroxyl groups is 2. The fraction of sp³-hybridized carbons (Fsp3) is 0.500. The average Bonchev–Trinajstić information content (AvgIpc) is 3.12. The molecule has 2 aromatic rings. The Bertz CT molecular complexity index is 828. The van der Waals surface area contributed by atoms with Crippen molar-refractivity contribution in [3.63, 3.8) is 0 Å². The lowest BCUT2D eigenvalue weighted by molar-refractivity contribution is 0.0325. The second-order valence-electron chi connectivity index (χ2n) is 8.58. The second-order valence-corrected chi connectivity index (χ2v) is 8.58. The van der Waals surface area contributed by atoms with Crippen LogP contribution in [0.5, 0.6) is 5.75 Å². The largest absolute Gasteiger partial charge is 0.506 e. The predicted molar refractivity (Wildman–Crippen MR) is 103 cm³/mol. The van der Waals surface area contributed by atoms with Crippen LogP contribution in [0.4, 0.5) is 4.39 Å². The molecule has 150 valence electrons. The summed E-state index contributed by atoms with van der Waals surface area (Å²) in [7, 11) is 0. The predicted octanol–water partition coefficient (Wildman–Crippen LogP) is 2.58. The zero-order chi connectivity index (χ0) is 19.9. The summed E-state index contributed by atoms with van der Waals surface area (Å²) in [6.45, 7) is 4.09. The second kappa shape index (κ2) is 7.43.